The molecule has 4 nitrogen and oxygen atoms in total. The zero-order chi connectivity index (χ0) is 15.3. The second-order valence-corrected chi connectivity index (χ2v) is 5.81. The van der Waals surface area contributed by atoms with Crippen LogP contribution in [0.3, 0.4) is 0 Å². The van der Waals surface area contributed by atoms with Crippen molar-refractivity contribution >= 4 is 23.2 Å². The monoisotopic (exact) mass is 293 g/mol. The number of halogens is 1. The molecule has 20 heavy (non-hydrogen) atoms. The molecule has 108 valence electrons. The first kappa shape index (κ1) is 16.3. The van der Waals surface area contributed by atoms with Crippen LogP contribution in [-0.2, 0) is 4.79 Å². The second kappa shape index (κ2) is 6.62. The van der Waals surface area contributed by atoms with E-state index < -0.39 is 6.04 Å². The van der Waals surface area contributed by atoms with E-state index in [2.05, 4.69) is 10.6 Å². The fraction of sp³-hybridized carbons (Fsp3) is 0.467. The van der Waals surface area contributed by atoms with Gasteiger partial charge >= 0.3 is 0 Å². The van der Waals surface area contributed by atoms with Crippen LogP contribution in [0.15, 0.2) is 18.2 Å². The first-order valence-corrected chi connectivity index (χ1v) is 6.95. The van der Waals surface area contributed by atoms with Gasteiger partial charge in [-0.2, -0.15) is 5.26 Å². The molecule has 2 N–H and O–H groups in total. The van der Waals surface area contributed by atoms with E-state index in [-0.39, 0.29) is 11.4 Å². The van der Waals surface area contributed by atoms with E-state index in [0.717, 1.165) is 6.42 Å². The maximum Gasteiger partial charge on any atom is 0.242 e. The lowest BCUT2D eigenvalue weighted by molar-refractivity contribution is -0.123. The van der Waals surface area contributed by atoms with Gasteiger partial charge in [0.05, 0.1) is 22.3 Å². The van der Waals surface area contributed by atoms with E-state index in [1.54, 1.807) is 25.1 Å². The smallest absolute Gasteiger partial charge is 0.242 e. The van der Waals surface area contributed by atoms with Crippen LogP contribution >= 0.6 is 11.6 Å². The topological polar surface area (TPSA) is 64.9 Å². The normalized spacial score (nSPS) is 12.4. The molecule has 1 unspecified atom stereocenters. The van der Waals surface area contributed by atoms with Crippen molar-refractivity contribution in [2.75, 3.05) is 5.32 Å². The molecule has 0 fully saturated rings. The Morgan fingerprint density at radius 3 is 2.70 bits per heavy atom. The van der Waals surface area contributed by atoms with Crippen LogP contribution in [0.5, 0.6) is 0 Å². The van der Waals surface area contributed by atoms with Crippen molar-refractivity contribution in [2.45, 2.75) is 45.7 Å². The largest absolute Gasteiger partial charge is 0.373 e. The molecular weight excluding hydrogens is 274 g/mol. The van der Waals surface area contributed by atoms with Gasteiger partial charge in [0.25, 0.3) is 0 Å². The van der Waals surface area contributed by atoms with E-state index in [1.165, 1.54) is 0 Å². The first-order chi connectivity index (χ1) is 9.29. The lowest BCUT2D eigenvalue weighted by Crippen LogP contribution is -2.48. The number of nitriles is 1. The van der Waals surface area contributed by atoms with Crippen LogP contribution in [0.25, 0.3) is 0 Å². The van der Waals surface area contributed by atoms with E-state index in [4.69, 9.17) is 16.9 Å². The Hall–Kier alpha value is -1.73. The van der Waals surface area contributed by atoms with Gasteiger partial charge in [0.2, 0.25) is 5.91 Å². The van der Waals surface area contributed by atoms with Crippen LogP contribution in [0, 0.1) is 11.3 Å². The van der Waals surface area contributed by atoms with Crippen LogP contribution < -0.4 is 10.6 Å². The number of hydrogen-bond donors (Lipinski definition) is 2. The lowest BCUT2D eigenvalue weighted by atomic mass is 10.0. The fourth-order valence-corrected chi connectivity index (χ4v) is 1.71. The molecule has 0 spiro atoms. The number of hydrogen-bond acceptors (Lipinski definition) is 3. The fourth-order valence-electron chi connectivity index (χ4n) is 1.53. The molecule has 0 aliphatic heterocycles. The second-order valence-electron chi connectivity index (χ2n) is 5.40. The van der Waals surface area contributed by atoms with Crippen molar-refractivity contribution in [3.63, 3.8) is 0 Å². The molecule has 5 heteroatoms. The molecule has 0 aliphatic carbocycles. The third-order valence-corrected chi connectivity index (χ3v) is 3.54. The minimum atomic E-state index is -0.438. The summed E-state index contributed by atoms with van der Waals surface area (Å²) >= 11 is 6.06. The number of amides is 1. The lowest BCUT2D eigenvalue weighted by Gasteiger charge is -2.27. The van der Waals surface area contributed by atoms with Crippen LogP contribution in [0.4, 0.5) is 5.69 Å². The van der Waals surface area contributed by atoms with Crippen molar-refractivity contribution in [3.8, 4) is 6.07 Å². The molecule has 0 aliphatic rings. The van der Waals surface area contributed by atoms with Crippen molar-refractivity contribution in [1.29, 1.82) is 5.26 Å². The first-order valence-electron chi connectivity index (χ1n) is 6.57. The highest BCUT2D eigenvalue weighted by Gasteiger charge is 2.22. The molecule has 0 saturated carbocycles. The van der Waals surface area contributed by atoms with Gasteiger partial charge in [0, 0.05) is 5.54 Å². The Morgan fingerprint density at radius 1 is 1.50 bits per heavy atom. The van der Waals surface area contributed by atoms with E-state index >= 15 is 0 Å². The minimum Gasteiger partial charge on any atom is -0.373 e. The maximum atomic E-state index is 12.1. The zero-order valence-electron chi connectivity index (χ0n) is 12.2. The molecule has 1 amide bonds. The zero-order valence-corrected chi connectivity index (χ0v) is 13.0. The Kier molecular flexibility index (Phi) is 5.41. The predicted octanol–water partition coefficient (Wildman–Crippen LogP) is 3.32. The van der Waals surface area contributed by atoms with Gasteiger partial charge in [-0.3, -0.25) is 4.79 Å². The maximum absolute atomic E-state index is 12.1. The number of nitrogens with zero attached hydrogens (tertiary/aromatic N) is 1. The van der Waals surface area contributed by atoms with Gasteiger partial charge in [0.15, 0.2) is 0 Å². The van der Waals surface area contributed by atoms with Gasteiger partial charge in [0.1, 0.15) is 6.04 Å². The summed E-state index contributed by atoms with van der Waals surface area (Å²) in [5, 5.41) is 15.4. The van der Waals surface area contributed by atoms with E-state index in [9.17, 15) is 4.79 Å². The van der Waals surface area contributed by atoms with Crippen molar-refractivity contribution in [3.05, 3.63) is 28.8 Å². The summed E-state index contributed by atoms with van der Waals surface area (Å²) in [7, 11) is 0. The minimum absolute atomic E-state index is 0.102. The number of carbonyl (C=O) groups is 1. The number of rotatable bonds is 5. The third kappa shape index (κ3) is 4.43. The predicted molar refractivity (Wildman–Crippen MR) is 81.8 cm³/mol. The quantitative estimate of drug-likeness (QED) is 0.875. The Bertz CT molecular complexity index is 534. The van der Waals surface area contributed by atoms with Crippen LogP contribution in [0.2, 0.25) is 5.02 Å². The number of anilines is 1. The van der Waals surface area contributed by atoms with Gasteiger partial charge in [-0.1, -0.05) is 18.5 Å². The van der Waals surface area contributed by atoms with Gasteiger partial charge in [-0.25, -0.2) is 0 Å². The van der Waals surface area contributed by atoms with Crippen LogP contribution in [0.1, 0.15) is 39.7 Å². The summed E-state index contributed by atoms with van der Waals surface area (Å²) in [5.74, 6) is -0.102. The average molecular weight is 294 g/mol. The molecule has 1 aromatic carbocycles. The highest BCUT2D eigenvalue weighted by atomic mass is 35.5. The van der Waals surface area contributed by atoms with Crippen LogP contribution in [-0.4, -0.2) is 17.5 Å². The van der Waals surface area contributed by atoms with E-state index in [1.807, 2.05) is 26.8 Å². The summed E-state index contributed by atoms with van der Waals surface area (Å²) in [6.07, 6.45) is 0.843. The third-order valence-electron chi connectivity index (χ3n) is 3.21. The Labute approximate surface area is 125 Å². The van der Waals surface area contributed by atoms with E-state index in [0.29, 0.717) is 16.3 Å². The summed E-state index contributed by atoms with van der Waals surface area (Å²) in [6, 6.07) is 6.52. The highest BCUT2D eigenvalue weighted by Crippen LogP contribution is 2.23. The molecule has 0 aromatic heterocycles. The number of carbonyl (C=O) groups excluding carboxylic acids is 1. The molecule has 1 atom stereocenters. The molecule has 0 heterocycles. The van der Waals surface area contributed by atoms with Gasteiger partial charge < -0.3 is 10.6 Å². The van der Waals surface area contributed by atoms with Crippen molar-refractivity contribution in [2.24, 2.45) is 0 Å². The summed E-state index contributed by atoms with van der Waals surface area (Å²) in [6.45, 7) is 7.73. The highest BCUT2D eigenvalue weighted by molar-refractivity contribution is 6.33. The molecular formula is C15H20ClN3O. The summed E-state index contributed by atoms with van der Waals surface area (Å²) in [5.41, 5.74) is 0.840. The summed E-state index contributed by atoms with van der Waals surface area (Å²) in [4.78, 5) is 12.1. The van der Waals surface area contributed by atoms with Crippen molar-refractivity contribution in [1.82, 2.24) is 5.32 Å². The molecule has 0 saturated heterocycles. The van der Waals surface area contributed by atoms with Gasteiger partial charge in [-0.15, -0.1) is 0 Å². The number of benzene rings is 1. The standard InChI is InChI=1S/C15H20ClN3O/c1-5-15(3,4)19-14(20)10(2)18-13-8-11(9-17)6-7-12(13)16/h6-8,10,18H,5H2,1-4H3,(H,19,20). The average Bonchev–Trinajstić information content (AvgIpc) is 2.40. The molecule has 1 rings (SSSR count). The van der Waals surface area contributed by atoms with Crippen molar-refractivity contribution < 1.29 is 4.79 Å². The SMILES string of the molecule is CCC(C)(C)NC(=O)C(C)Nc1cc(C#N)ccc1Cl. The molecule has 1 aromatic rings. The number of nitrogens with one attached hydrogen (secondary N) is 2. The Morgan fingerprint density at radius 2 is 2.15 bits per heavy atom. The molecule has 0 bridgehead atoms. The Balaban J connectivity index is 2.78. The summed E-state index contributed by atoms with van der Waals surface area (Å²) < 4.78 is 0. The van der Waals surface area contributed by atoms with Gasteiger partial charge in [-0.05, 0) is 45.4 Å². The molecule has 0 radical (unpaired) electrons.